The van der Waals surface area contributed by atoms with Crippen molar-refractivity contribution >= 4 is 0 Å². The maximum absolute atomic E-state index is 3.67. The monoisotopic (exact) mass is 192 g/mol. The Hall–Kier alpha value is -1.06. The molecule has 0 spiro atoms. The van der Waals surface area contributed by atoms with Gasteiger partial charge in [0.05, 0.1) is 12.7 Å². The van der Waals surface area contributed by atoms with Crippen LogP contribution in [0.4, 0.5) is 0 Å². The molecule has 0 aromatic carbocycles. The molecule has 0 unspecified atom stereocenters. The second-order valence-electron chi connectivity index (χ2n) is 1.52. The van der Waals surface area contributed by atoms with E-state index >= 15 is 0 Å². The van der Waals surface area contributed by atoms with Crippen molar-refractivity contribution in [3.05, 3.63) is 37.4 Å². The summed E-state index contributed by atoms with van der Waals surface area (Å²) in [6, 6.07) is 0. The minimum atomic E-state index is 0. The Morgan fingerprint density at radius 2 is 1.27 bits per heavy atom. The van der Waals surface area contributed by atoms with Crippen LogP contribution in [0.15, 0.2) is 37.4 Å². The summed E-state index contributed by atoms with van der Waals surface area (Å²) in [7, 11) is 0. The van der Waals surface area contributed by atoms with E-state index in [1.165, 1.54) is 0 Å². The van der Waals surface area contributed by atoms with Gasteiger partial charge in [-0.3, -0.25) is 0 Å². The molecule has 0 bridgehead atoms. The second-order valence-corrected chi connectivity index (χ2v) is 1.52. The Bertz CT molecular complexity index is 154. The molecule has 58 valence electrons. The van der Waals surface area contributed by atoms with Crippen LogP contribution in [0.25, 0.3) is 0 Å². The molecule has 0 saturated carbocycles. The topological polar surface area (TPSA) is 57.4 Å². The molecule has 0 aliphatic heterocycles. The van der Waals surface area contributed by atoms with Gasteiger partial charge in [0.25, 0.3) is 0 Å². The molecular formula is C6H8FeN4+2. The maximum Gasteiger partial charge on any atom is 2.00 e. The Morgan fingerprint density at radius 1 is 0.818 bits per heavy atom. The number of H-pyrrole nitrogens is 2. The third-order valence-corrected chi connectivity index (χ3v) is 0.812. The predicted molar refractivity (Wildman–Crippen MR) is 37.2 cm³/mol. The van der Waals surface area contributed by atoms with Crippen LogP contribution in [-0.2, 0) is 17.1 Å². The summed E-state index contributed by atoms with van der Waals surface area (Å²) in [6.07, 6.45) is 10.2. The number of hydrogen-bond donors (Lipinski definition) is 2. The Balaban J connectivity index is 0.000000167. The fourth-order valence-corrected chi connectivity index (χ4v) is 0.430. The van der Waals surface area contributed by atoms with Gasteiger partial charge in [-0.05, 0) is 0 Å². The molecule has 2 N–H and O–H groups in total. The number of rotatable bonds is 0. The minimum Gasteiger partial charge on any atom is -0.351 e. The summed E-state index contributed by atoms with van der Waals surface area (Å²) in [5.41, 5.74) is 0. The van der Waals surface area contributed by atoms with E-state index in [-0.39, 0.29) is 17.1 Å². The first-order valence-electron chi connectivity index (χ1n) is 2.85. The number of aromatic nitrogens is 4. The average Bonchev–Trinajstić information content (AvgIpc) is 2.67. The van der Waals surface area contributed by atoms with Crippen LogP contribution < -0.4 is 0 Å². The maximum atomic E-state index is 3.67. The molecule has 0 saturated heterocycles. The molecular weight excluding hydrogens is 184 g/mol. The van der Waals surface area contributed by atoms with Crippen molar-refractivity contribution in [2.45, 2.75) is 0 Å². The number of aromatic amines is 2. The van der Waals surface area contributed by atoms with Gasteiger partial charge >= 0.3 is 17.1 Å². The Labute approximate surface area is 74.9 Å². The smallest absolute Gasteiger partial charge is 0.351 e. The standard InChI is InChI=1S/2C3H4N2.Fe/c2*1-2-5-3-4-1;/h2*1-3H,(H,4,5);/q;;+2. The van der Waals surface area contributed by atoms with Gasteiger partial charge in [0, 0.05) is 24.8 Å². The van der Waals surface area contributed by atoms with E-state index in [2.05, 4.69) is 19.9 Å². The molecule has 2 aromatic heterocycles. The summed E-state index contributed by atoms with van der Waals surface area (Å²) in [5, 5.41) is 0. The van der Waals surface area contributed by atoms with E-state index in [1.807, 2.05) is 0 Å². The molecule has 2 rings (SSSR count). The van der Waals surface area contributed by atoms with E-state index in [9.17, 15) is 0 Å². The largest absolute Gasteiger partial charge is 2.00 e. The number of nitrogens with one attached hydrogen (secondary N) is 2. The molecule has 4 nitrogen and oxygen atoms in total. The molecule has 0 fully saturated rings. The van der Waals surface area contributed by atoms with Crippen molar-refractivity contribution in [3.8, 4) is 0 Å². The summed E-state index contributed by atoms with van der Waals surface area (Å²) >= 11 is 0. The molecule has 0 atom stereocenters. The van der Waals surface area contributed by atoms with Crippen LogP contribution in [0.5, 0.6) is 0 Å². The first-order valence-corrected chi connectivity index (χ1v) is 2.85. The fourth-order valence-electron chi connectivity index (χ4n) is 0.430. The van der Waals surface area contributed by atoms with Crippen LogP contribution in [0, 0.1) is 0 Å². The van der Waals surface area contributed by atoms with Gasteiger partial charge in [-0.1, -0.05) is 0 Å². The third-order valence-electron chi connectivity index (χ3n) is 0.812. The molecule has 0 aliphatic rings. The quantitative estimate of drug-likeness (QED) is 0.607. The average molecular weight is 192 g/mol. The third kappa shape index (κ3) is 5.39. The van der Waals surface area contributed by atoms with Crippen molar-refractivity contribution in [2.75, 3.05) is 0 Å². The van der Waals surface area contributed by atoms with Gasteiger partial charge in [-0.2, -0.15) is 0 Å². The van der Waals surface area contributed by atoms with E-state index < -0.39 is 0 Å². The summed E-state index contributed by atoms with van der Waals surface area (Å²) < 4.78 is 0. The molecule has 2 heterocycles. The molecule has 0 radical (unpaired) electrons. The van der Waals surface area contributed by atoms with E-state index in [4.69, 9.17) is 0 Å². The molecule has 2 aromatic rings. The Morgan fingerprint density at radius 3 is 1.36 bits per heavy atom. The fraction of sp³-hybridized carbons (Fsp3) is 0. The van der Waals surface area contributed by atoms with Gasteiger partial charge in [-0.15, -0.1) is 0 Å². The predicted octanol–water partition coefficient (Wildman–Crippen LogP) is 0.817. The zero-order chi connectivity index (χ0) is 7.07. The minimum absolute atomic E-state index is 0. The van der Waals surface area contributed by atoms with Crippen molar-refractivity contribution in [2.24, 2.45) is 0 Å². The van der Waals surface area contributed by atoms with Crippen LogP contribution in [0.3, 0.4) is 0 Å². The first-order chi connectivity index (χ1) is 5.00. The number of imidazole rings is 2. The molecule has 0 aliphatic carbocycles. The normalized spacial score (nSPS) is 7.27. The number of hydrogen-bond acceptors (Lipinski definition) is 2. The second kappa shape index (κ2) is 7.05. The zero-order valence-electron chi connectivity index (χ0n) is 5.71. The summed E-state index contributed by atoms with van der Waals surface area (Å²) in [6.45, 7) is 0. The van der Waals surface area contributed by atoms with Gasteiger partial charge < -0.3 is 9.97 Å². The van der Waals surface area contributed by atoms with Crippen LogP contribution in [0.2, 0.25) is 0 Å². The van der Waals surface area contributed by atoms with E-state index in [0.29, 0.717) is 0 Å². The SMILES string of the molecule is [Fe+2].c1c[nH]cn1.c1c[nH]cn1. The van der Waals surface area contributed by atoms with Crippen LogP contribution in [-0.4, -0.2) is 19.9 Å². The summed E-state index contributed by atoms with van der Waals surface area (Å²) in [4.78, 5) is 12.8. The van der Waals surface area contributed by atoms with Gasteiger partial charge in [0.15, 0.2) is 0 Å². The van der Waals surface area contributed by atoms with Crippen molar-refractivity contribution in [1.29, 1.82) is 0 Å². The van der Waals surface area contributed by atoms with E-state index in [0.717, 1.165) is 0 Å². The van der Waals surface area contributed by atoms with Crippen molar-refractivity contribution < 1.29 is 17.1 Å². The Kier molecular flexibility index (Phi) is 6.37. The molecule has 5 heteroatoms. The molecule has 0 amide bonds. The summed E-state index contributed by atoms with van der Waals surface area (Å²) in [5.74, 6) is 0. The van der Waals surface area contributed by atoms with E-state index in [1.54, 1.807) is 37.4 Å². The van der Waals surface area contributed by atoms with Crippen molar-refractivity contribution in [1.82, 2.24) is 19.9 Å². The molecule has 11 heavy (non-hydrogen) atoms. The van der Waals surface area contributed by atoms with Crippen molar-refractivity contribution in [3.63, 3.8) is 0 Å². The van der Waals surface area contributed by atoms with Crippen LogP contribution in [0.1, 0.15) is 0 Å². The zero-order valence-corrected chi connectivity index (χ0v) is 6.82. The van der Waals surface area contributed by atoms with Gasteiger partial charge in [0.1, 0.15) is 0 Å². The first kappa shape index (κ1) is 9.94. The van der Waals surface area contributed by atoms with Crippen LogP contribution >= 0.6 is 0 Å². The van der Waals surface area contributed by atoms with Gasteiger partial charge in [0.2, 0.25) is 0 Å². The van der Waals surface area contributed by atoms with Gasteiger partial charge in [-0.25, -0.2) is 9.97 Å². The number of nitrogens with zero attached hydrogens (tertiary/aromatic N) is 2.